The topological polar surface area (TPSA) is 40.6 Å². The summed E-state index contributed by atoms with van der Waals surface area (Å²) in [5, 5.41) is 0.570. The zero-order chi connectivity index (χ0) is 20.7. The van der Waals surface area contributed by atoms with E-state index in [2.05, 4.69) is 11.8 Å². The maximum absolute atomic E-state index is 13.5. The van der Waals surface area contributed by atoms with Crippen molar-refractivity contribution in [3.05, 3.63) is 69.9 Å². The molecule has 2 aliphatic heterocycles. The number of aryl methyl sites for hydroxylation is 2. The average Bonchev–Trinajstić information content (AvgIpc) is 2.95. The maximum Gasteiger partial charge on any atom is 0.282 e. The number of piperidine rings is 1. The Morgan fingerprint density at radius 2 is 1.69 bits per heavy atom. The first-order valence-corrected chi connectivity index (χ1v) is 10.5. The fraction of sp³-hybridized carbons (Fsp3) is 0.333. The second-order valence-corrected chi connectivity index (χ2v) is 8.57. The van der Waals surface area contributed by atoms with Crippen LogP contribution in [0.1, 0.15) is 36.5 Å². The molecule has 29 heavy (non-hydrogen) atoms. The van der Waals surface area contributed by atoms with Gasteiger partial charge in [-0.15, -0.1) is 0 Å². The fourth-order valence-corrected chi connectivity index (χ4v) is 4.31. The van der Waals surface area contributed by atoms with Crippen LogP contribution in [0, 0.1) is 19.8 Å². The summed E-state index contributed by atoms with van der Waals surface area (Å²) in [5.74, 6) is -0.0295. The highest BCUT2D eigenvalue weighted by Crippen LogP contribution is 2.37. The second-order valence-electron chi connectivity index (χ2n) is 8.14. The van der Waals surface area contributed by atoms with Gasteiger partial charge in [0, 0.05) is 18.1 Å². The Balaban J connectivity index is 1.84. The van der Waals surface area contributed by atoms with Gasteiger partial charge >= 0.3 is 0 Å². The number of rotatable bonds is 3. The zero-order valence-electron chi connectivity index (χ0n) is 17.0. The monoisotopic (exact) mass is 408 g/mol. The van der Waals surface area contributed by atoms with Crippen LogP contribution in [0.25, 0.3) is 5.57 Å². The third-order valence-electron chi connectivity index (χ3n) is 5.91. The zero-order valence-corrected chi connectivity index (χ0v) is 17.8. The smallest absolute Gasteiger partial charge is 0.282 e. The van der Waals surface area contributed by atoms with Crippen LogP contribution in [0.2, 0.25) is 5.02 Å². The molecule has 150 valence electrons. The Labute approximate surface area is 176 Å². The van der Waals surface area contributed by atoms with Crippen molar-refractivity contribution >= 4 is 34.7 Å². The molecule has 1 atom stereocenters. The van der Waals surface area contributed by atoms with Crippen molar-refractivity contribution in [2.75, 3.05) is 18.0 Å². The van der Waals surface area contributed by atoms with Gasteiger partial charge in [-0.25, -0.2) is 4.90 Å². The Bertz CT molecular complexity index is 1010. The minimum atomic E-state index is -0.270. The van der Waals surface area contributed by atoms with Gasteiger partial charge in [0.05, 0.1) is 11.3 Å². The summed E-state index contributed by atoms with van der Waals surface area (Å²) in [5.41, 5.74) is 4.64. The summed E-state index contributed by atoms with van der Waals surface area (Å²) >= 11 is 6.01. The van der Waals surface area contributed by atoms with Crippen LogP contribution in [0.5, 0.6) is 0 Å². The van der Waals surface area contributed by atoms with E-state index in [1.54, 1.807) is 24.3 Å². The molecule has 2 aromatic carbocycles. The summed E-state index contributed by atoms with van der Waals surface area (Å²) in [7, 11) is 0. The van der Waals surface area contributed by atoms with E-state index >= 15 is 0 Å². The Morgan fingerprint density at radius 3 is 2.34 bits per heavy atom. The van der Waals surface area contributed by atoms with Gasteiger partial charge in [0.15, 0.2) is 0 Å². The van der Waals surface area contributed by atoms with E-state index < -0.39 is 0 Å². The molecule has 2 amide bonds. The molecule has 5 heteroatoms. The number of amides is 2. The van der Waals surface area contributed by atoms with Crippen molar-refractivity contribution in [1.29, 1.82) is 0 Å². The van der Waals surface area contributed by atoms with Gasteiger partial charge in [-0.3, -0.25) is 9.59 Å². The largest absolute Gasteiger partial charge is 0.366 e. The highest BCUT2D eigenvalue weighted by atomic mass is 35.5. The minimum Gasteiger partial charge on any atom is -0.366 e. The fourth-order valence-electron chi connectivity index (χ4n) is 4.19. The van der Waals surface area contributed by atoms with E-state index in [9.17, 15) is 9.59 Å². The van der Waals surface area contributed by atoms with Crippen molar-refractivity contribution < 1.29 is 9.59 Å². The maximum atomic E-state index is 13.5. The molecular weight excluding hydrogens is 384 g/mol. The molecule has 0 aromatic heterocycles. The highest BCUT2D eigenvalue weighted by molar-refractivity contribution is 6.45. The van der Waals surface area contributed by atoms with Crippen LogP contribution >= 0.6 is 11.6 Å². The van der Waals surface area contributed by atoms with Crippen LogP contribution < -0.4 is 4.90 Å². The standard InChI is InChI=1S/C24H25ClN2O2/c1-15-5-4-12-26(14-15)22-21(18-7-6-16(2)17(3)13-18)23(28)27(24(22)29)20-10-8-19(25)9-11-20/h6-11,13,15H,4-5,12,14H2,1-3H3. The number of hydrogen-bond donors (Lipinski definition) is 0. The van der Waals surface area contributed by atoms with Crippen molar-refractivity contribution in [3.63, 3.8) is 0 Å². The first kappa shape index (κ1) is 19.7. The van der Waals surface area contributed by atoms with Gasteiger partial charge < -0.3 is 4.90 Å². The van der Waals surface area contributed by atoms with E-state index in [4.69, 9.17) is 11.6 Å². The molecule has 0 N–H and O–H groups in total. The lowest BCUT2D eigenvalue weighted by Crippen LogP contribution is -2.39. The van der Waals surface area contributed by atoms with Crippen LogP contribution in [-0.4, -0.2) is 29.8 Å². The van der Waals surface area contributed by atoms with Gasteiger partial charge in [-0.05, 0) is 73.6 Å². The number of benzene rings is 2. The Hall–Kier alpha value is -2.59. The second kappa shape index (κ2) is 7.68. The minimum absolute atomic E-state index is 0.250. The lowest BCUT2D eigenvalue weighted by molar-refractivity contribution is -0.120. The molecule has 0 aliphatic carbocycles. The van der Waals surface area contributed by atoms with Gasteiger partial charge in [0.1, 0.15) is 5.70 Å². The number of carbonyl (C=O) groups is 2. The first-order valence-electron chi connectivity index (χ1n) is 10.1. The number of halogens is 1. The van der Waals surface area contributed by atoms with Crippen molar-refractivity contribution in [2.45, 2.75) is 33.6 Å². The van der Waals surface area contributed by atoms with Gasteiger partial charge in [0.2, 0.25) is 0 Å². The Kier molecular flexibility index (Phi) is 5.22. The molecule has 4 nitrogen and oxygen atoms in total. The highest BCUT2D eigenvalue weighted by Gasteiger charge is 2.43. The molecule has 4 rings (SSSR count). The number of carbonyl (C=O) groups excluding carboxylic acids is 2. The SMILES string of the molecule is Cc1ccc(C2=C(N3CCCC(C)C3)C(=O)N(c3ccc(Cl)cc3)C2=O)cc1C. The van der Waals surface area contributed by atoms with Crippen LogP contribution in [0.15, 0.2) is 48.2 Å². The van der Waals surface area contributed by atoms with Crippen LogP contribution in [0.3, 0.4) is 0 Å². The molecule has 0 spiro atoms. The van der Waals surface area contributed by atoms with Gasteiger partial charge in [-0.1, -0.05) is 36.7 Å². The van der Waals surface area contributed by atoms with Crippen molar-refractivity contribution in [3.8, 4) is 0 Å². The lowest BCUT2D eigenvalue weighted by atomic mass is 9.96. The summed E-state index contributed by atoms with van der Waals surface area (Å²) in [6, 6.07) is 12.8. The van der Waals surface area contributed by atoms with Crippen molar-refractivity contribution in [1.82, 2.24) is 4.90 Å². The van der Waals surface area contributed by atoms with Gasteiger partial charge in [-0.2, -0.15) is 0 Å². The van der Waals surface area contributed by atoms with E-state index in [0.29, 0.717) is 27.9 Å². The third-order valence-corrected chi connectivity index (χ3v) is 6.17. The van der Waals surface area contributed by atoms with E-state index in [0.717, 1.165) is 42.6 Å². The lowest BCUT2D eigenvalue weighted by Gasteiger charge is -2.33. The molecule has 2 aromatic rings. The van der Waals surface area contributed by atoms with Crippen molar-refractivity contribution in [2.24, 2.45) is 5.92 Å². The van der Waals surface area contributed by atoms with E-state index in [1.807, 2.05) is 32.0 Å². The summed E-state index contributed by atoms with van der Waals surface area (Å²) < 4.78 is 0. The quantitative estimate of drug-likeness (QED) is 0.673. The van der Waals surface area contributed by atoms with Gasteiger partial charge in [0.25, 0.3) is 11.8 Å². The van der Waals surface area contributed by atoms with E-state index in [1.165, 1.54) is 4.90 Å². The predicted octanol–water partition coefficient (Wildman–Crippen LogP) is 4.97. The normalized spacial score (nSPS) is 20.1. The number of hydrogen-bond acceptors (Lipinski definition) is 3. The third kappa shape index (κ3) is 3.58. The molecule has 0 saturated carbocycles. The summed E-state index contributed by atoms with van der Waals surface area (Å²) in [6.07, 6.45) is 2.17. The van der Waals surface area contributed by atoms with E-state index in [-0.39, 0.29) is 11.8 Å². The number of anilines is 1. The first-order chi connectivity index (χ1) is 13.9. The number of likely N-dealkylation sites (tertiary alicyclic amines) is 1. The molecule has 2 heterocycles. The summed E-state index contributed by atoms with van der Waals surface area (Å²) in [4.78, 5) is 30.4. The molecule has 1 unspecified atom stereocenters. The van der Waals surface area contributed by atoms with Crippen LogP contribution in [-0.2, 0) is 9.59 Å². The summed E-state index contributed by atoms with van der Waals surface area (Å²) in [6.45, 7) is 7.85. The molecule has 1 saturated heterocycles. The Morgan fingerprint density at radius 1 is 0.966 bits per heavy atom. The number of imide groups is 1. The molecule has 0 radical (unpaired) electrons. The number of nitrogens with zero attached hydrogens (tertiary/aromatic N) is 2. The van der Waals surface area contributed by atoms with Crippen LogP contribution in [0.4, 0.5) is 5.69 Å². The average molecular weight is 409 g/mol. The molecule has 2 aliphatic rings. The molecule has 0 bridgehead atoms. The molecule has 1 fully saturated rings. The predicted molar refractivity (Wildman–Crippen MR) is 117 cm³/mol. The molecular formula is C24H25ClN2O2.